The highest BCUT2D eigenvalue weighted by molar-refractivity contribution is 6.07. The molecule has 0 spiro atoms. The second kappa shape index (κ2) is 13.5. The van der Waals surface area contributed by atoms with Crippen molar-refractivity contribution in [2.45, 2.75) is 44.2 Å². The number of carbonyl (C=O) groups excluding carboxylic acids is 3. The van der Waals surface area contributed by atoms with E-state index in [1.54, 1.807) is 41.3 Å². The normalized spacial score (nSPS) is 18.7. The van der Waals surface area contributed by atoms with Crippen LogP contribution >= 0.6 is 0 Å². The number of rotatable bonds is 6. The van der Waals surface area contributed by atoms with Gasteiger partial charge >= 0.3 is 0 Å². The van der Waals surface area contributed by atoms with Gasteiger partial charge in [-0.1, -0.05) is 0 Å². The third kappa shape index (κ3) is 7.37. The smallest absolute Gasteiger partial charge is 0.255 e. The summed E-state index contributed by atoms with van der Waals surface area (Å²) < 4.78 is 13.4. The highest BCUT2D eigenvalue weighted by Gasteiger charge is 2.25. The van der Waals surface area contributed by atoms with E-state index in [4.69, 9.17) is 11.0 Å². The molecule has 1 aliphatic heterocycles. The third-order valence-electron chi connectivity index (χ3n) is 8.11. The number of hydrogen-bond donors (Lipinski definition) is 3. The van der Waals surface area contributed by atoms with Crippen molar-refractivity contribution >= 4 is 29.1 Å². The van der Waals surface area contributed by atoms with Crippen molar-refractivity contribution in [1.82, 2.24) is 10.2 Å². The second-order valence-corrected chi connectivity index (χ2v) is 11.1. The van der Waals surface area contributed by atoms with E-state index < -0.39 is 5.82 Å². The Morgan fingerprint density at radius 3 is 2.19 bits per heavy atom. The van der Waals surface area contributed by atoms with Crippen LogP contribution in [-0.2, 0) is 0 Å². The Bertz CT molecular complexity index is 1510. The summed E-state index contributed by atoms with van der Waals surface area (Å²) in [5.41, 5.74) is 8.92. The molecule has 2 fully saturated rings. The van der Waals surface area contributed by atoms with Crippen LogP contribution in [0.2, 0.25) is 0 Å². The van der Waals surface area contributed by atoms with Crippen molar-refractivity contribution in [2.24, 2.45) is 5.73 Å². The van der Waals surface area contributed by atoms with Crippen LogP contribution in [0.4, 0.5) is 15.8 Å². The lowest BCUT2D eigenvalue weighted by Gasteiger charge is -2.28. The molecule has 1 aliphatic carbocycles. The molecule has 3 aromatic rings. The van der Waals surface area contributed by atoms with E-state index in [0.717, 1.165) is 31.4 Å². The molecule has 4 N–H and O–H groups in total. The van der Waals surface area contributed by atoms with Gasteiger partial charge in [-0.25, -0.2) is 4.39 Å². The Hall–Kier alpha value is -4.75. The fourth-order valence-corrected chi connectivity index (χ4v) is 5.61. The van der Waals surface area contributed by atoms with Gasteiger partial charge in [0.1, 0.15) is 5.82 Å². The van der Waals surface area contributed by atoms with E-state index in [2.05, 4.69) is 15.5 Å². The van der Waals surface area contributed by atoms with E-state index in [0.29, 0.717) is 60.5 Å². The first-order chi connectivity index (χ1) is 20.8. The maximum atomic E-state index is 13.4. The van der Waals surface area contributed by atoms with Gasteiger partial charge < -0.3 is 26.2 Å². The highest BCUT2D eigenvalue weighted by Crippen LogP contribution is 2.30. The number of nitriles is 1. The van der Waals surface area contributed by atoms with Gasteiger partial charge in [0.2, 0.25) is 0 Å². The van der Waals surface area contributed by atoms with Gasteiger partial charge in [0.05, 0.1) is 23.0 Å². The Balaban J connectivity index is 1.36. The van der Waals surface area contributed by atoms with Crippen LogP contribution in [0.1, 0.15) is 68.7 Å². The number of nitrogens with zero attached hydrogens (tertiary/aromatic N) is 3. The van der Waals surface area contributed by atoms with Gasteiger partial charge in [-0.15, -0.1) is 0 Å². The predicted octanol–water partition coefficient (Wildman–Crippen LogP) is 4.30. The molecule has 0 bridgehead atoms. The monoisotopic (exact) mass is 582 g/mol. The SMILES string of the molecule is N#Cc1ccc(C(=O)Nc2cc(C(=O)NC3CCC(N)CC3)ccc2N2CCCN(C(=O)c3ccc(F)cc3)CC2)cc1. The predicted molar refractivity (Wildman–Crippen MR) is 162 cm³/mol. The van der Waals surface area contributed by atoms with Crippen molar-refractivity contribution in [1.29, 1.82) is 5.26 Å². The van der Waals surface area contributed by atoms with Gasteiger partial charge in [-0.05, 0) is 98.8 Å². The van der Waals surface area contributed by atoms with Gasteiger partial charge in [-0.3, -0.25) is 14.4 Å². The fourth-order valence-electron chi connectivity index (χ4n) is 5.61. The zero-order valence-corrected chi connectivity index (χ0v) is 23.9. The summed E-state index contributed by atoms with van der Waals surface area (Å²) in [5.74, 6) is -1.14. The number of benzene rings is 3. The quantitative estimate of drug-likeness (QED) is 0.397. The maximum Gasteiger partial charge on any atom is 0.255 e. The fraction of sp³-hybridized carbons (Fsp3) is 0.333. The van der Waals surface area contributed by atoms with E-state index in [-0.39, 0.29) is 29.8 Å². The molecule has 0 radical (unpaired) electrons. The van der Waals surface area contributed by atoms with E-state index in [1.807, 2.05) is 12.1 Å². The number of hydrogen-bond acceptors (Lipinski definition) is 6. The Kier molecular flexibility index (Phi) is 9.32. The molecule has 1 heterocycles. The minimum Gasteiger partial charge on any atom is -0.368 e. The van der Waals surface area contributed by atoms with Gasteiger partial charge in [0.15, 0.2) is 0 Å². The van der Waals surface area contributed by atoms with Gasteiger partial charge in [0, 0.05) is 55.0 Å². The van der Waals surface area contributed by atoms with Crippen molar-refractivity contribution in [3.05, 3.63) is 94.8 Å². The lowest BCUT2D eigenvalue weighted by Crippen LogP contribution is -2.40. The molecule has 0 atom stereocenters. The average Bonchev–Trinajstić information content (AvgIpc) is 3.28. The summed E-state index contributed by atoms with van der Waals surface area (Å²) in [6.45, 7) is 2.10. The zero-order valence-electron chi connectivity index (χ0n) is 23.9. The maximum absolute atomic E-state index is 13.4. The minimum atomic E-state index is -0.394. The molecule has 1 saturated carbocycles. The van der Waals surface area contributed by atoms with Crippen LogP contribution in [0.3, 0.4) is 0 Å². The number of halogens is 1. The average molecular weight is 583 g/mol. The van der Waals surface area contributed by atoms with Crippen LogP contribution in [0.25, 0.3) is 0 Å². The van der Waals surface area contributed by atoms with Crippen LogP contribution in [0.5, 0.6) is 0 Å². The van der Waals surface area contributed by atoms with Crippen molar-refractivity contribution in [2.75, 3.05) is 36.4 Å². The lowest BCUT2D eigenvalue weighted by atomic mass is 9.91. The number of carbonyl (C=O) groups is 3. The molecule has 0 aromatic heterocycles. The van der Waals surface area contributed by atoms with E-state index >= 15 is 0 Å². The molecule has 222 valence electrons. The van der Waals surface area contributed by atoms with Crippen LogP contribution in [0.15, 0.2) is 66.7 Å². The number of amides is 3. The molecular weight excluding hydrogens is 547 g/mol. The molecule has 3 aromatic carbocycles. The Morgan fingerprint density at radius 1 is 0.814 bits per heavy atom. The van der Waals surface area contributed by atoms with Gasteiger partial charge in [0.25, 0.3) is 17.7 Å². The molecule has 2 aliphatic rings. The molecule has 1 saturated heterocycles. The molecule has 10 heteroatoms. The standard InChI is InChI=1S/C33H35FN6O3/c34-26-9-6-24(7-10-26)33(43)40-17-1-16-39(18-19-40)30-15-8-25(32(42)37-28-13-11-27(36)12-14-28)20-29(30)38-31(41)23-4-2-22(21-35)3-5-23/h2-10,15,20,27-28H,1,11-14,16-19,36H2,(H,37,42)(H,38,41). The van der Waals surface area contributed by atoms with Crippen molar-refractivity contribution in [3.63, 3.8) is 0 Å². The van der Waals surface area contributed by atoms with Crippen LogP contribution < -0.4 is 21.3 Å². The summed E-state index contributed by atoms with van der Waals surface area (Å²) >= 11 is 0. The van der Waals surface area contributed by atoms with E-state index in [9.17, 15) is 18.8 Å². The third-order valence-corrected chi connectivity index (χ3v) is 8.11. The Morgan fingerprint density at radius 2 is 1.49 bits per heavy atom. The lowest BCUT2D eigenvalue weighted by molar-refractivity contribution is 0.0766. The molecule has 9 nitrogen and oxygen atoms in total. The topological polar surface area (TPSA) is 132 Å². The first kappa shape index (κ1) is 29.7. The Labute approximate surface area is 250 Å². The number of nitrogens with two attached hydrogens (primary N) is 1. The van der Waals surface area contributed by atoms with Crippen molar-refractivity contribution in [3.8, 4) is 6.07 Å². The molecule has 3 amide bonds. The van der Waals surface area contributed by atoms with E-state index in [1.165, 1.54) is 24.3 Å². The van der Waals surface area contributed by atoms with Crippen LogP contribution in [-0.4, -0.2) is 60.9 Å². The first-order valence-electron chi connectivity index (χ1n) is 14.6. The largest absolute Gasteiger partial charge is 0.368 e. The molecule has 43 heavy (non-hydrogen) atoms. The van der Waals surface area contributed by atoms with Crippen LogP contribution in [0, 0.1) is 17.1 Å². The number of nitrogens with one attached hydrogen (secondary N) is 2. The molecular formula is C33H35FN6O3. The zero-order chi connectivity index (χ0) is 30.3. The molecule has 0 unspecified atom stereocenters. The highest BCUT2D eigenvalue weighted by atomic mass is 19.1. The summed E-state index contributed by atoms with van der Waals surface area (Å²) in [7, 11) is 0. The summed E-state index contributed by atoms with van der Waals surface area (Å²) in [4.78, 5) is 43.4. The minimum absolute atomic E-state index is 0.0545. The number of anilines is 2. The summed E-state index contributed by atoms with van der Waals surface area (Å²) in [6, 6.07) is 19.4. The second-order valence-electron chi connectivity index (χ2n) is 11.1. The molecule has 5 rings (SSSR count). The van der Waals surface area contributed by atoms with Crippen molar-refractivity contribution < 1.29 is 18.8 Å². The van der Waals surface area contributed by atoms with Gasteiger partial charge in [-0.2, -0.15) is 5.26 Å². The first-order valence-corrected chi connectivity index (χ1v) is 14.6. The summed E-state index contributed by atoms with van der Waals surface area (Å²) in [5, 5.41) is 15.2. The summed E-state index contributed by atoms with van der Waals surface area (Å²) in [6.07, 6.45) is 4.07.